The van der Waals surface area contributed by atoms with Crippen LogP contribution in [0.2, 0.25) is 0 Å². The molecule has 1 amide bonds. The highest BCUT2D eigenvalue weighted by Gasteiger charge is 2.17. The van der Waals surface area contributed by atoms with E-state index in [0.717, 1.165) is 30.2 Å². The van der Waals surface area contributed by atoms with Gasteiger partial charge in [-0.05, 0) is 28.8 Å². The molecule has 21 heavy (non-hydrogen) atoms. The van der Waals surface area contributed by atoms with E-state index in [0.29, 0.717) is 5.95 Å². The van der Waals surface area contributed by atoms with Crippen molar-refractivity contribution in [3.8, 4) is 6.07 Å². The normalized spacial score (nSPS) is 16.1. The Morgan fingerprint density at radius 3 is 2.62 bits per heavy atom. The van der Waals surface area contributed by atoms with Crippen molar-refractivity contribution in [1.29, 1.82) is 5.26 Å². The molecule has 0 unspecified atom stereocenters. The number of nitriles is 1. The van der Waals surface area contributed by atoms with Gasteiger partial charge in [0.05, 0.1) is 4.47 Å². The summed E-state index contributed by atoms with van der Waals surface area (Å²) in [6, 6.07) is 2.07. The summed E-state index contributed by atoms with van der Waals surface area (Å²) in [7, 11) is 0. The van der Waals surface area contributed by atoms with Gasteiger partial charge < -0.3 is 10.6 Å². The fourth-order valence-electron chi connectivity index (χ4n) is 2.18. The zero-order chi connectivity index (χ0) is 15.1. The highest BCUT2D eigenvalue weighted by atomic mass is 79.9. The topological polar surface area (TPSA) is 90.7 Å². The van der Waals surface area contributed by atoms with Crippen LogP contribution in [0.5, 0.6) is 0 Å². The molecule has 0 spiro atoms. The number of carbonyl (C=O) groups excluding carboxylic acids is 1. The zero-order valence-electron chi connectivity index (χ0n) is 11.5. The van der Waals surface area contributed by atoms with E-state index < -0.39 is 0 Å². The van der Waals surface area contributed by atoms with Crippen LogP contribution in [0.15, 0.2) is 28.6 Å². The maximum Gasteiger partial charge on any atom is 0.263 e. The van der Waals surface area contributed by atoms with Gasteiger partial charge in [-0.1, -0.05) is 19.3 Å². The summed E-state index contributed by atoms with van der Waals surface area (Å²) < 4.78 is 0.757. The van der Waals surface area contributed by atoms with Gasteiger partial charge in [-0.25, -0.2) is 9.97 Å². The number of hydrogen-bond donors (Lipinski definition) is 2. The molecule has 1 aromatic heterocycles. The van der Waals surface area contributed by atoms with Gasteiger partial charge in [0.2, 0.25) is 5.95 Å². The van der Waals surface area contributed by atoms with Crippen molar-refractivity contribution in [2.45, 2.75) is 38.1 Å². The summed E-state index contributed by atoms with van der Waals surface area (Å²) in [5.41, 5.74) is 0.0205. The molecule has 0 saturated heterocycles. The Balaban J connectivity index is 1.94. The van der Waals surface area contributed by atoms with Crippen molar-refractivity contribution in [3.05, 3.63) is 28.6 Å². The lowest BCUT2D eigenvalue weighted by Gasteiger charge is -2.22. The second-order valence-electron chi connectivity index (χ2n) is 4.85. The Kier molecular flexibility index (Phi) is 5.69. The van der Waals surface area contributed by atoms with Crippen LogP contribution in [0.3, 0.4) is 0 Å². The minimum absolute atomic E-state index is 0.0205. The van der Waals surface area contributed by atoms with Gasteiger partial charge in [0.1, 0.15) is 11.6 Å². The lowest BCUT2D eigenvalue weighted by molar-refractivity contribution is -0.118. The summed E-state index contributed by atoms with van der Waals surface area (Å²) in [6.45, 7) is 0. The standard InChI is InChI=1S/C14H16BrN5O/c15-11-8-18-14(19-9-11)17-7-10(6-16)13(21)20-12-4-2-1-3-5-12/h7-9,12H,1-5H2,(H,20,21)(H,17,18,19)/b10-7-. The third kappa shape index (κ3) is 4.83. The molecular weight excluding hydrogens is 334 g/mol. The average Bonchev–Trinajstić information content (AvgIpc) is 2.51. The monoisotopic (exact) mass is 349 g/mol. The molecule has 0 bridgehead atoms. The minimum atomic E-state index is -0.353. The molecule has 1 aromatic rings. The van der Waals surface area contributed by atoms with Gasteiger partial charge in [0.25, 0.3) is 5.91 Å². The first kappa shape index (κ1) is 15.4. The van der Waals surface area contributed by atoms with Crippen LogP contribution in [0.1, 0.15) is 32.1 Å². The highest BCUT2D eigenvalue weighted by molar-refractivity contribution is 9.10. The van der Waals surface area contributed by atoms with Gasteiger partial charge in [0.15, 0.2) is 0 Å². The van der Waals surface area contributed by atoms with Crippen LogP contribution in [0.4, 0.5) is 5.95 Å². The maximum atomic E-state index is 12.0. The molecule has 1 fully saturated rings. The summed E-state index contributed by atoms with van der Waals surface area (Å²) in [5.74, 6) is -0.0228. The summed E-state index contributed by atoms with van der Waals surface area (Å²) in [4.78, 5) is 20.0. The van der Waals surface area contributed by atoms with E-state index in [1.165, 1.54) is 12.6 Å². The Bertz CT molecular complexity index is 558. The number of hydrogen-bond acceptors (Lipinski definition) is 5. The number of rotatable bonds is 4. The third-order valence-electron chi connectivity index (χ3n) is 3.27. The van der Waals surface area contributed by atoms with Gasteiger partial charge >= 0.3 is 0 Å². The molecule has 1 saturated carbocycles. The van der Waals surface area contributed by atoms with Crippen molar-refractivity contribution in [2.75, 3.05) is 5.32 Å². The van der Waals surface area contributed by atoms with Crippen LogP contribution >= 0.6 is 15.9 Å². The van der Waals surface area contributed by atoms with E-state index in [-0.39, 0.29) is 17.5 Å². The molecule has 1 aliphatic rings. The van der Waals surface area contributed by atoms with E-state index in [2.05, 4.69) is 36.5 Å². The highest BCUT2D eigenvalue weighted by Crippen LogP contribution is 2.17. The summed E-state index contributed by atoms with van der Waals surface area (Å²) in [6.07, 6.45) is 9.93. The molecule has 0 aliphatic heterocycles. The van der Waals surface area contributed by atoms with Crippen LogP contribution in [0, 0.1) is 11.3 Å². The molecule has 0 atom stereocenters. The van der Waals surface area contributed by atoms with Crippen LogP contribution in [-0.4, -0.2) is 21.9 Å². The van der Waals surface area contributed by atoms with E-state index >= 15 is 0 Å². The SMILES string of the molecule is N#C/C(=C/Nc1ncc(Br)cn1)C(=O)NC1CCCCC1. The van der Waals surface area contributed by atoms with Crippen molar-refractivity contribution in [2.24, 2.45) is 0 Å². The first-order chi connectivity index (χ1) is 10.2. The molecule has 2 N–H and O–H groups in total. The van der Waals surface area contributed by atoms with Crippen LogP contribution in [-0.2, 0) is 4.79 Å². The predicted octanol–water partition coefficient (Wildman–Crippen LogP) is 2.51. The Labute approximate surface area is 131 Å². The van der Waals surface area contributed by atoms with E-state index in [1.807, 2.05) is 6.07 Å². The third-order valence-corrected chi connectivity index (χ3v) is 3.68. The van der Waals surface area contributed by atoms with Crippen molar-refractivity contribution < 1.29 is 4.79 Å². The van der Waals surface area contributed by atoms with E-state index in [4.69, 9.17) is 5.26 Å². The number of carbonyl (C=O) groups is 1. The van der Waals surface area contributed by atoms with Crippen molar-refractivity contribution >= 4 is 27.8 Å². The molecule has 0 aromatic carbocycles. The fourth-order valence-corrected chi connectivity index (χ4v) is 2.39. The quantitative estimate of drug-likeness (QED) is 0.643. The molecule has 2 rings (SSSR count). The maximum absolute atomic E-state index is 12.0. The smallest absolute Gasteiger partial charge is 0.263 e. The van der Waals surface area contributed by atoms with E-state index in [9.17, 15) is 4.79 Å². The molecule has 6 nitrogen and oxygen atoms in total. The predicted molar refractivity (Wildman–Crippen MR) is 82.1 cm³/mol. The Morgan fingerprint density at radius 2 is 2.00 bits per heavy atom. The first-order valence-corrected chi connectivity index (χ1v) is 7.63. The number of aromatic nitrogens is 2. The van der Waals surface area contributed by atoms with Gasteiger partial charge in [-0.3, -0.25) is 4.79 Å². The number of nitrogens with zero attached hydrogens (tertiary/aromatic N) is 3. The molecule has 1 heterocycles. The Hall–Kier alpha value is -1.94. The molecule has 7 heteroatoms. The summed E-state index contributed by atoms with van der Waals surface area (Å²) >= 11 is 3.23. The van der Waals surface area contributed by atoms with Crippen LogP contribution in [0.25, 0.3) is 0 Å². The van der Waals surface area contributed by atoms with Crippen molar-refractivity contribution in [1.82, 2.24) is 15.3 Å². The summed E-state index contributed by atoms with van der Waals surface area (Å²) in [5, 5.41) is 14.7. The number of nitrogens with one attached hydrogen (secondary N) is 2. The van der Waals surface area contributed by atoms with Gasteiger partial charge in [0, 0.05) is 24.6 Å². The Morgan fingerprint density at radius 1 is 1.33 bits per heavy atom. The number of amides is 1. The number of anilines is 1. The lowest BCUT2D eigenvalue weighted by Crippen LogP contribution is -2.37. The van der Waals surface area contributed by atoms with E-state index in [1.54, 1.807) is 12.4 Å². The lowest BCUT2D eigenvalue weighted by atomic mass is 9.95. The number of halogens is 1. The zero-order valence-corrected chi connectivity index (χ0v) is 13.1. The van der Waals surface area contributed by atoms with Gasteiger partial charge in [-0.15, -0.1) is 0 Å². The second kappa shape index (κ2) is 7.74. The molecule has 1 aliphatic carbocycles. The molecular formula is C14H16BrN5O. The molecule has 0 radical (unpaired) electrons. The molecule has 110 valence electrons. The second-order valence-corrected chi connectivity index (χ2v) is 5.76. The first-order valence-electron chi connectivity index (χ1n) is 6.84. The average molecular weight is 350 g/mol. The van der Waals surface area contributed by atoms with Crippen LogP contribution < -0.4 is 10.6 Å². The minimum Gasteiger partial charge on any atom is -0.349 e. The van der Waals surface area contributed by atoms with Crippen molar-refractivity contribution in [3.63, 3.8) is 0 Å². The van der Waals surface area contributed by atoms with Gasteiger partial charge in [-0.2, -0.15) is 5.26 Å². The fraction of sp³-hybridized carbons (Fsp3) is 0.429. The largest absolute Gasteiger partial charge is 0.349 e.